The molecule has 0 unspecified atom stereocenters. The lowest BCUT2D eigenvalue weighted by atomic mass is 9.83. The summed E-state index contributed by atoms with van der Waals surface area (Å²) in [5.74, 6) is -0.424. The number of nitrogens with one attached hydrogen (secondary N) is 7. The molecule has 19 atom stereocenters. The van der Waals surface area contributed by atoms with E-state index in [1.165, 1.54) is 6.42 Å². The first-order valence-electron chi connectivity index (χ1n) is 33.8. The van der Waals surface area contributed by atoms with E-state index in [2.05, 4.69) is 44.1 Å². The van der Waals surface area contributed by atoms with Gasteiger partial charge < -0.3 is 125 Å². The van der Waals surface area contributed by atoms with Gasteiger partial charge in [0.2, 0.25) is 5.91 Å². The Labute approximate surface area is 570 Å². The lowest BCUT2D eigenvalue weighted by Crippen LogP contribution is -2.70. The number of alkyl carbamates (subject to hydrolysis) is 6. The fourth-order valence-corrected chi connectivity index (χ4v) is 10.9. The molecule has 3 saturated heterocycles. The van der Waals surface area contributed by atoms with Gasteiger partial charge in [-0.1, -0.05) is 58.3 Å². The molecule has 0 spiro atoms. The minimum Gasteiger partial charge on any atom is -0.444 e. The molecule has 0 aromatic carbocycles. The Morgan fingerprint density at radius 1 is 0.351 bits per heavy atom. The summed E-state index contributed by atoms with van der Waals surface area (Å²) < 4.78 is 72.1. The van der Waals surface area contributed by atoms with E-state index in [9.17, 15) is 64.2 Å². The van der Waals surface area contributed by atoms with Crippen LogP contribution in [0.15, 0.2) is 0 Å². The van der Waals surface area contributed by atoms with E-state index in [0.717, 1.165) is 44.9 Å². The zero-order valence-corrected chi connectivity index (χ0v) is 60.3. The van der Waals surface area contributed by atoms with Gasteiger partial charge >= 0.3 is 36.6 Å². The number of amides is 7. The van der Waals surface area contributed by atoms with E-state index in [1.807, 2.05) is 0 Å². The molecule has 32 nitrogen and oxygen atoms in total. The van der Waals surface area contributed by atoms with Crippen LogP contribution in [0.2, 0.25) is 0 Å². The van der Waals surface area contributed by atoms with Gasteiger partial charge in [-0.15, -0.1) is 0 Å². The van der Waals surface area contributed by atoms with Crippen molar-refractivity contribution >= 4 is 42.5 Å². The molecule has 0 radical (unpaired) electrons. The molecule has 1 saturated carbocycles. The van der Waals surface area contributed by atoms with Gasteiger partial charge in [-0.05, 0) is 137 Å². The summed E-state index contributed by atoms with van der Waals surface area (Å²) in [5.41, 5.74) is -6.36. The van der Waals surface area contributed by atoms with Gasteiger partial charge in [0.15, 0.2) is 18.9 Å². The Kier molecular flexibility index (Phi) is 31.4. The van der Waals surface area contributed by atoms with Gasteiger partial charge in [0.05, 0.1) is 12.1 Å². The van der Waals surface area contributed by atoms with Crippen LogP contribution in [0, 0.1) is 0 Å². The van der Waals surface area contributed by atoms with Crippen molar-refractivity contribution in [3.63, 3.8) is 0 Å². The second kappa shape index (κ2) is 36.3. The van der Waals surface area contributed by atoms with Crippen LogP contribution in [0.3, 0.4) is 0 Å². The maximum absolute atomic E-state index is 14.1. The van der Waals surface area contributed by atoms with Crippen molar-refractivity contribution < 1.29 is 121 Å². The van der Waals surface area contributed by atoms with Gasteiger partial charge in [0, 0.05) is 26.1 Å². The molecule has 4 aliphatic rings. The molecule has 4 rings (SSSR count). The number of ether oxygens (including phenoxy) is 12. The van der Waals surface area contributed by atoms with Crippen molar-refractivity contribution in [2.45, 2.75) is 352 Å². The average Bonchev–Trinajstić information content (AvgIpc) is 1.75. The SMILES string of the molecule is CCCCCCCCCCCC(=O)NC[C@H]1O[C@@H](O[C@@H]2[C@@H](O)[C@H](NC(=O)OC(C)(C)C)C[C@H](NC(=O)OC(C)(C)C)[C@H]2O[C@H]2O[C@H](CNC(=O)OC(C)(C)C)[C@@H](O)[C@H](O)[C@H]2NC(=O)OC(C)(C)C)[C@H](O)[C@@H]1O[C@H]1O[C@@H](CNC(=O)OC(C)(C)C)[C@@H](O)[C@H](O)[C@H]1NC(=O)OC(C)(C)C. The molecule has 97 heavy (non-hydrogen) atoms. The monoisotopic (exact) mass is 1400 g/mol. The summed E-state index contributed by atoms with van der Waals surface area (Å²) in [4.78, 5) is 94.6. The normalized spacial score (nSPS) is 30.4. The average molecular weight is 1400 g/mol. The van der Waals surface area contributed by atoms with E-state index < -0.39 is 218 Å². The quantitative estimate of drug-likeness (QED) is 0.0417. The summed E-state index contributed by atoms with van der Waals surface area (Å²) in [7, 11) is 0. The van der Waals surface area contributed by atoms with Crippen LogP contribution < -0.4 is 37.2 Å². The third kappa shape index (κ3) is 29.8. The predicted octanol–water partition coefficient (Wildman–Crippen LogP) is 4.55. The van der Waals surface area contributed by atoms with Crippen molar-refractivity contribution in [1.29, 1.82) is 0 Å². The van der Waals surface area contributed by atoms with E-state index in [1.54, 1.807) is 125 Å². The van der Waals surface area contributed by atoms with Crippen molar-refractivity contribution in [3.8, 4) is 0 Å². The van der Waals surface area contributed by atoms with Crippen LogP contribution in [0.1, 0.15) is 202 Å². The third-order valence-corrected chi connectivity index (χ3v) is 15.0. The number of aliphatic hydroxyl groups excluding tert-OH is 6. The molecule has 0 aromatic heterocycles. The molecule has 1 aliphatic carbocycles. The number of hydrogen-bond donors (Lipinski definition) is 13. The first-order valence-corrected chi connectivity index (χ1v) is 33.8. The highest BCUT2D eigenvalue weighted by atomic mass is 16.8. The molecule has 13 N–H and O–H groups in total. The molecule has 0 bridgehead atoms. The van der Waals surface area contributed by atoms with Gasteiger partial charge in [0.25, 0.3) is 0 Å². The summed E-state index contributed by atoms with van der Waals surface area (Å²) >= 11 is 0. The second-order valence-corrected chi connectivity index (χ2v) is 31.1. The van der Waals surface area contributed by atoms with Crippen LogP contribution >= 0.6 is 0 Å². The largest absolute Gasteiger partial charge is 0.444 e. The molecule has 4 fully saturated rings. The first-order chi connectivity index (χ1) is 44.6. The van der Waals surface area contributed by atoms with Crippen molar-refractivity contribution in [1.82, 2.24) is 37.2 Å². The molecule has 562 valence electrons. The van der Waals surface area contributed by atoms with Crippen molar-refractivity contribution in [3.05, 3.63) is 0 Å². The van der Waals surface area contributed by atoms with Gasteiger partial charge in [-0.25, -0.2) is 28.8 Å². The van der Waals surface area contributed by atoms with Crippen LogP contribution in [0.4, 0.5) is 28.8 Å². The lowest BCUT2D eigenvalue weighted by molar-refractivity contribution is -0.311. The molecular weight excluding hydrogens is 1280 g/mol. The van der Waals surface area contributed by atoms with Crippen LogP contribution in [0.5, 0.6) is 0 Å². The fraction of sp³-hybridized carbons (Fsp3) is 0.892. The fourth-order valence-electron chi connectivity index (χ4n) is 10.9. The highest BCUT2D eigenvalue weighted by molar-refractivity contribution is 5.76. The lowest BCUT2D eigenvalue weighted by Gasteiger charge is -2.49. The summed E-state index contributed by atoms with van der Waals surface area (Å²) in [6, 6.07) is -6.46. The topological polar surface area (TPSA) is 436 Å². The minimum absolute atomic E-state index is 0.0859. The second-order valence-electron chi connectivity index (χ2n) is 31.1. The molecule has 3 heterocycles. The zero-order valence-electron chi connectivity index (χ0n) is 60.3. The maximum atomic E-state index is 14.1. The van der Waals surface area contributed by atoms with Crippen molar-refractivity contribution in [2.75, 3.05) is 19.6 Å². The number of rotatable bonds is 26. The Balaban J connectivity index is 1.91. The zero-order chi connectivity index (χ0) is 73.3. The van der Waals surface area contributed by atoms with E-state index in [-0.39, 0.29) is 6.42 Å². The number of hydrogen-bond acceptors (Lipinski definition) is 25. The predicted molar refractivity (Wildman–Crippen MR) is 347 cm³/mol. The smallest absolute Gasteiger partial charge is 0.408 e. The number of unbranched alkanes of at least 4 members (excludes halogenated alkanes) is 8. The highest BCUT2D eigenvalue weighted by Crippen LogP contribution is 2.37. The Bertz CT molecular complexity index is 2510. The number of carbonyl (C=O) groups is 7. The first kappa shape index (κ1) is 84.0. The van der Waals surface area contributed by atoms with Crippen LogP contribution in [-0.2, 0) is 61.6 Å². The maximum Gasteiger partial charge on any atom is 0.408 e. The van der Waals surface area contributed by atoms with Gasteiger partial charge in [-0.3, -0.25) is 4.79 Å². The molecule has 32 heteroatoms. The third-order valence-electron chi connectivity index (χ3n) is 15.0. The molecular formula is C65H117N7O25. The van der Waals surface area contributed by atoms with Gasteiger partial charge in [-0.2, -0.15) is 0 Å². The molecule has 7 amide bonds. The Morgan fingerprint density at radius 2 is 0.680 bits per heavy atom. The number of carbonyl (C=O) groups excluding carboxylic acids is 7. The summed E-state index contributed by atoms with van der Waals surface area (Å²) in [5, 5.41) is 90.6. The van der Waals surface area contributed by atoms with E-state index >= 15 is 0 Å². The Morgan fingerprint density at radius 3 is 1.08 bits per heavy atom. The van der Waals surface area contributed by atoms with Crippen LogP contribution in [-0.4, -0.2) is 243 Å². The highest BCUT2D eigenvalue weighted by Gasteiger charge is 2.57. The summed E-state index contributed by atoms with van der Waals surface area (Å²) in [6.07, 6.45) is -25.4. The number of aliphatic hydroxyl groups is 6. The molecule has 3 aliphatic heterocycles. The van der Waals surface area contributed by atoms with E-state index in [0.29, 0.717) is 6.42 Å². The summed E-state index contributed by atoms with van der Waals surface area (Å²) in [6.45, 7) is 29.3. The van der Waals surface area contributed by atoms with Crippen molar-refractivity contribution in [2.24, 2.45) is 0 Å². The Hall–Kier alpha value is -5.39. The standard InChI is InChI=1S/C65H117N7O25/c1-20-21-22-23-24-25-26-27-28-29-39(73)66-33-38-49(90-52-41(72-59(85)97-65(17,18)19)46(78)44(76)37(87-52)32-68-55(81)93-61(5,6)7)47(79)53(88-38)91-50-42(74)34(69-56(82)94-62(8,9)10)30-35(70-57(83)95-63(11,12)13)48(50)89-51-40(71-58(84)96-64(14,15)16)45(77)43(75)36(86-51)31-67-54(80)92-60(2,3)4/h34-38,40-53,74-79H,20-33H2,1-19H3,(H,66,73)(H,67,80)(H,68,81)(H,69,82)(H,70,83)(H,71,84)(H,72,85)/t34-,35+,36-,37+,38-,40-,41-,42+,43-,44-,45-,46-,47-,48-,49-,50-,51-,52-,53+/m1/s1. The molecule has 0 aromatic rings. The minimum atomic E-state index is -2.07. The van der Waals surface area contributed by atoms with Gasteiger partial charge in [0.1, 0.15) is 119 Å². The van der Waals surface area contributed by atoms with Crippen LogP contribution in [0.25, 0.3) is 0 Å². The van der Waals surface area contributed by atoms with E-state index in [4.69, 9.17) is 56.8 Å².